The molecule has 0 heterocycles. The molecule has 2 heteroatoms. The molecular formula is C13H10FO. The van der Waals surface area contributed by atoms with Crippen LogP contribution in [0, 0.1) is 6.67 Å². The summed E-state index contributed by atoms with van der Waals surface area (Å²) in [7, 11) is 0. The van der Waals surface area contributed by atoms with E-state index in [4.69, 9.17) is 5.11 Å². The van der Waals surface area contributed by atoms with Crippen LogP contribution in [-0.2, 0) is 0 Å². The molecule has 0 atom stereocenters. The standard InChI is InChI=1S/C13H10FO/c14-9-10-2-1-3-12(8-10)11-4-6-13(15)7-5-11/h1-9,15H. The minimum Gasteiger partial charge on any atom is -0.508 e. The zero-order chi connectivity index (χ0) is 10.7. The number of hydrogen-bond acceptors (Lipinski definition) is 1. The largest absolute Gasteiger partial charge is 0.508 e. The molecule has 1 nitrogen and oxygen atoms in total. The topological polar surface area (TPSA) is 20.2 Å². The van der Waals surface area contributed by atoms with Crippen molar-refractivity contribution in [2.45, 2.75) is 0 Å². The van der Waals surface area contributed by atoms with Crippen LogP contribution >= 0.6 is 0 Å². The number of benzene rings is 2. The highest BCUT2D eigenvalue weighted by Crippen LogP contribution is 2.23. The molecule has 2 aromatic rings. The lowest BCUT2D eigenvalue weighted by molar-refractivity contribution is 0.475. The number of aromatic hydroxyl groups is 1. The minimum atomic E-state index is 0.229. The molecule has 1 radical (unpaired) electrons. The van der Waals surface area contributed by atoms with Gasteiger partial charge < -0.3 is 5.11 Å². The Morgan fingerprint density at radius 1 is 0.933 bits per heavy atom. The Morgan fingerprint density at radius 3 is 2.33 bits per heavy atom. The fourth-order valence-corrected chi connectivity index (χ4v) is 1.44. The van der Waals surface area contributed by atoms with E-state index in [0.717, 1.165) is 11.1 Å². The van der Waals surface area contributed by atoms with Crippen LogP contribution in [0.1, 0.15) is 5.56 Å². The third kappa shape index (κ3) is 2.15. The molecule has 0 fully saturated rings. The molecule has 75 valence electrons. The number of phenolic OH excluding ortho intramolecular Hbond substituents is 1. The van der Waals surface area contributed by atoms with Gasteiger partial charge in [0.25, 0.3) is 0 Å². The summed E-state index contributed by atoms with van der Waals surface area (Å²) in [5, 5.41) is 9.14. The van der Waals surface area contributed by atoms with Crippen molar-refractivity contribution in [1.29, 1.82) is 0 Å². The molecular weight excluding hydrogens is 191 g/mol. The van der Waals surface area contributed by atoms with E-state index >= 15 is 0 Å². The zero-order valence-corrected chi connectivity index (χ0v) is 8.02. The van der Waals surface area contributed by atoms with Crippen molar-refractivity contribution < 1.29 is 9.50 Å². The lowest BCUT2D eigenvalue weighted by Gasteiger charge is -2.03. The Balaban J connectivity index is 2.40. The summed E-state index contributed by atoms with van der Waals surface area (Å²) in [5.74, 6) is 0.229. The Morgan fingerprint density at radius 2 is 1.67 bits per heavy atom. The Bertz CT molecular complexity index is 448. The highest BCUT2D eigenvalue weighted by Gasteiger charge is 1.99. The first-order valence-corrected chi connectivity index (χ1v) is 4.62. The molecule has 0 aromatic heterocycles. The predicted octanol–water partition coefficient (Wildman–Crippen LogP) is 3.54. The van der Waals surface area contributed by atoms with E-state index in [1.54, 1.807) is 42.5 Å². The normalized spacial score (nSPS) is 10.2. The summed E-state index contributed by atoms with van der Waals surface area (Å²) in [6, 6.07) is 14.0. The molecule has 2 aromatic carbocycles. The van der Waals surface area contributed by atoms with Crippen LogP contribution in [-0.4, -0.2) is 5.11 Å². The second-order valence-corrected chi connectivity index (χ2v) is 3.28. The van der Waals surface area contributed by atoms with Gasteiger partial charge in [-0.05, 0) is 34.9 Å². The summed E-state index contributed by atoms with van der Waals surface area (Å²) in [6.07, 6.45) is 0. The summed E-state index contributed by atoms with van der Waals surface area (Å²) >= 11 is 0. The quantitative estimate of drug-likeness (QED) is 0.787. The van der Waals surface area contributed by atoms with Gasteiger partial charge >= 0.3 is 0 Å². The molecule has 0 spiro atoms. The third-order valence-electron chi connectivity index (χ3n) is 2.21. The smallest absolute Gasteiger partial charge is 0.160 e. The Kier molecular flexibility index (Phi) is 2.68. The van der Waals surface area contributed by atoms with Crippen LogP contribution < -0.4 is 0 Å². The molecule has 1 N–H and O–H groups in total. The fraction of sp³-hybridized carbons (Fsp3) is 0. The summed E-state index contributed by atoms with van der Waals surface area (Å²) in [5.41, 5.74) is 2.43. The maximum Gasteiger partial charge on any atom is 0.160 e. The van der Waals surface area contributed by atoms with Crippen molar-refractivity contribution in [2.75, 3.05) is 0 Å². The van der Waals surface area contributed by atoms with Crippen LogP contribution in [0.25, 0.3) is 11.1 Å². The van der Waals surface area contributed by atoms with Crippen LogP contribution in [0.4, 0.5) is 4.39 Å². The van der Waals surface area contributed by atoms with Gasteiger partial charge in [-0.2, -0.15) is 0 Å². The van der Waals surface area contributed by atoms with Gasteiger partial charge in [0.2, 0.25) is 0 Å². The van der Waals surface area contributed by atoms with E-state index in [9.17, 15) is 4.39 Å². The number of rotatable bonds is 2. The summed E-state index contributed by atoms with van der Waals surface area (Å²) in [6.45, 7) is 0.573. The fourth-order valence-electron chi connectivity index (χ4n) is 1.44. The van der Waals surface area contributed by atoms with Gasteiger partial charge in [0.05, 0.1) is 0 Å². The molecule has 0 aliphatic heterocycles. The van der Waals surface area contributed by atoms with Crippen molar-refractivity contribution in [2.24, 2.45) is 0 Å². The van der Waals surface area contributed by atoms with Gasteiger partial charge in [0.1, 0.15) is 5.75 Å². The monoisotopic (exact) mass is 201 g/mol. The lowest BCUT2D eigenvalue weighted by atomic mass is 10.0. The zero-order valence-electron chi connectivity index (χ0n) is 8.02. The van der Waals surface area contributed by atoms with Crippen LogP contribution in [0.3, 0.4) is 0 Å². The molecule has 0 amide bonds. The van der Waals surface area contributed by atoms with Gasteiger partial charge in [-0.25, -0.2) is 4.39 Å². The van der Waals surface area contributed by atoms with Crippen molar-refractivity contribution in [3.05, 3.63) is 60.8 Å². The summed E-state index contributed by atoms with van der Waals surface area (Å²) in [4.78, 5) is 0. The van der Waals surface area contributed by atoms with Crippen molar-refractivity contribution >= 4 is 0 Å². The highest BCUT2D eigenvalue weighted by molar-refractivity contribution is 5.65. The first kappa shape index (κ1) is 9.71. The van der Waals surface area contributed by atoms with E-state index in [0.29, 0.717) is 12.2 Å². The molecule has 15 heavy (non-hydrogen) atoms. The molecule has 0 saturated carbocycles. The van der Waals surface area contributed by atoms with E-state index < -0.39 is 0 Å². The van der Waals surface area contributed by atoms with E-state index in [1.165, 1.54) is 0 Å². The minimum absolute atomic E-state index is 0.229. The van der Waals surface area contributed by atoms with Crippen molar-refractivity contribution in [3.8, 4) is 16.9 Å². The average molecular weight is 201 g/mol. The number of hydrogen-bond donors (Lipinski definition) is 1. The molecule has 0 aliphatic carbocycles. The lowest BCUT2D eigenvalue weighted by Crippen LogP contribution is -1.80. The van der Waals surface area contributed by atoms with Crippen molar-refractivity contribution in [3.63, 3.8) is 0 Å². The third-order valence-corrected chi connectivity index (χ3v) is 2.21. The maximum absolute atomic E-state index is 12.3. The first-order chi connectivity index (χ1) is 7.29. The second kappa shape index (κ2) is 4.13. The molecule has 2 rings (SSSR count). The average Bonchev–Trinajstić information content (AvgIpc) is 2.30. The van der Waals surface area contributed by atoms with Crippen LogP contribution in [0.5, 0.6) is 5.75 Å². The summed E-state index contributed by atoms with van der Waals surface area (Å²) < 4.78 is 12.3. The van der Waals surface area contributed by atoms with Crippen LogP contribution in [0.2, 0.25) is 0 Å². The first-order valence-electron chi connectivity index (χ1n) is 4.62. The van der Waals surface area contributed by atoms with Gasteiger partial charge in [0, 0.05) is 0 Å². The second-order valence-electron chi connectivity index (χ2n) is 3.28. The Labute approximate surface area is 87.8 Å². The number of halogens is 1. The maximum atomic E-state index is 12.3. The molecule has 0 unspecified atom stereocenters. The van der Waals surface area contributed by atoms with Gasteiger partial charge in [-0.3, -0.25) is 0 Å². The van der Waals surface area contributed by atoms with Crippen molar-refractivity contribution in [1.82, 2.24) is 0 Å². The molecule has 0 bridgehead atoms. The van der Waals surface area contributed by atoms with Gasteiger partial charge in [0.15, 0.2) is 6.67 Å². The molecule has 0 saturated heterocycles. The Hall–Kier alpha value is -1.83. The van der Waals surface area contributed by atoms with Gasteiger partial charge in [-0.15, -0.1) is 0 Å². The van der Waals surface area contributed by atoms with E-state index in [2.05, 4.69) is 0 Å². The predicted molar refractivity (Wildman–Crippen MR) is 58.1 cm³/mol. The SMILES string of the molecule is Oc1ccc(-c2cccc([CH]F)c2)cc1. The van der Waals surface area contributed by atoms with Gasteiger partial charge in [-0.1, -0.05) is 30.3 Å². The van der Waals surface area contributed by atoms with E-state index in [-0.39, 0.29) is 5.75 Å². The number of phenols is 1. The van der Waals surface area contributed by atoms with E-state index in [1.807, 2.05) is 6.07 Å². The van der Waals surface area contributed by atoms with Crippen LogP contribution in [0.15, 0.2) is 48.5 Å². The molecule has 0 aliphatic rings. The highest BCUT2D eigenvalue weighted by atomic mass is 19.1.